The fraction of sp³-hybridized carbons (Fsp3) is 0.600. The number of amides is 1. The van der Waals surface area contributed by atoms with Gasteiger partial charge in [0.2, 0.25) is 0 Å². The molecule has 0 saturated heterocycles. The monoisotopic (exact) mass is 587 g/mol. The molecule has 2 N–H and O–H groups in total. The van der Waals surface area contributed by atoms with E-state index in [9.17, 15) is 14.4 Å². The highest BCUT2D eigenvalue weighted by atomic mass is 16.6. The summed E-state index contributed by atoms with van der Waals surface area (Å²) in [7, 11) is 1.32. The highest BCUT2D eigenvalue weighted by Crippen LogP contribution is 2.66. The average Bonchev–Trinajstić information content (AvgIpc) is 3.57. The van der Waals surface area contributed by atoms with Gasteiger partial charge in [-0.3, -0.25) is 9.59 Å². The molecule has 1 amide bonds. The fourth-order valence-electron chi connectivity index (χ4n) is 9.58. The Morgan fingerprint density at radius 1 is 1.07 bits per heavy atom. The van der Waals surface area contributed by atoms with E-state index in [0.29, 0.717) is 30.0 Å². The van der Waals surface area contributed by atoms with Crippen molar-refractivity contribution in [1.29, 1.82) is 0 Å². The maximum absolute atomic E-state index is 12.8. The number of benzene rings is 1. The van der Waals surface area contributed by atoms with Crippen LogP contribution in [0.25, 0.3) is 10.9 Å². The van der Waals surface area contributed by atoms with Gasteiger partial charge in [-0.2, -0.15) is 0 Å². The van der Waals surface area contributed by atoms with Crippen molar-refractivity contribution in [2.45, 2.75) is 84.6 Å². The first kappa shape index (κ1) is 29.6. The number of H-pyrrole nitrogens is 1. The molecule has 3 saturated carbocycles. The number of ketones is 1. The number of carbonyl (C=O) groups is 3. The Kier molecular flexibility index (Phi) is 7.99. The largest absolute Gasteiger partial charge is 0.467 e. The zero-order chi connectivity index (χ0) is 30.4. The molecule has 0 aliphatic heterocycles. The minimum Gasteiger partial charge on any atom is -0.467 e. The van der Waals surface area contributed by atoms with Crippen molar-refractivity contribution in [3.63, 3.8) is 0 Å². The number of oxime groups is 1. The first-order valence-electron chi connectivity index (χ1n) is 16.0. The van der Waals surface area contributed by atoms with Crippen molar-refractivity contribution >= 4 is 34.3 Å². The number of aromatic nitrogens is 1. The third kappa shape index (κ3) is 5.31. The Hall–Kier alpha value is -3.42. The SMILES string of the molecule is COC(=O)C(Cc1c[nH]c2ccccc12)NC(=O)CON=C1C=C2CC[C@H]3[C@@H]4CC[C@H](C(C)=O)[C@@]4(C)CC[C@@H]3[C@@]2(C)CC1. The summed E-state index contributed by atoms with van der Waals surface area (Å²) < 4.78 is 4.96. The molecule has 43 heavy (non-hydrogen) atoms. The third-order valence-electron chi connectivity index (χ3n) is 11.8. The maximum Gasteiger partial charge on any atom is 0.328 e. The number of aromatic amines is 1. The quantitative estimate of drug-likeness (QED) is 0.295. The smallest absolute Gasteiger partial charge is 0.328 e. The van der Waals surface area contributed by atoms with E-state index in [1.807, 2.05) is 30.5 Å². The summed E-state index contributed by atoms with van der Waals surface area (Å²) in [5, 5.41) is 8.12. The van der Waals surface area contributed by atoms with E-state index in [1.165, 1.54) is 31.9 Å². The van der Waals surface area contributed by atoms with Crippen LogP contribution < -0.4 is 5.32 Å². The van der Waals surface area contributed by atoms with Gasteiger partial charge in [0, 0.05) is 29.4 Å². The number of allylic oxidation sites excluding steroid dienone is 2. The molecule has 2 aromatic rings. The predicted octanol–water partition coefficient (Wildman–Crippen LogP) is 5.91. The number of ether oxygens (including phenoxy) is 1. The van der Waals surface area contributed by atoms with Crippen LogP contribution in [0.4, 0.5) is 0 Å². The van der Waals surface area contributed by atoms with Gasteiger partial charge in [-0.1, -0.05) is 42.8 Å². The summed E-state index contributed by atoms with van der Waals surface area (Å²) in [6.45, 7) is 6.37. The number of nitrogens with one attached hydrogen (secondary N) is 2. The predicted molar refractivity (Wildman–Crippen MR) is 165 cm³/mol. The van der Waals surface area contributed by atoms with E-state index in [2.05, 4.69) is 35.4 Å². The molecule has 230 valence electrons. The molecule has 1 unspecified atom stereocenters. The van der Waals surface area contributed by atoms with Crippen LogP contribution in [-0.4, -0.2) is 48.1 Å². The lowest BCUT2D eigenvalue weighted by Crippen LogP contribution is -2.51. The molecule has 0 bridgehead atoms. The fourth-order valence-corrected chi connectivity index (χ4v) is 9.58. The molecule has 0 radical (unpaired) electrons. The van der Waals surface area contributed by atoms with Crippen molar-refractivity contribution in [2.24, 2.45) is 39.7 Å². The molecule has 7 atom stereocenters. The number of carbonyl (C=O) groups excluding carboxylic acids is 3. The number of para-hydroxylation sites is 1. The van der Waals surface area contributed by atoms with Crippen LogP contribution in [0.1, 0.15) is 77.7 Å². The maximum atomic E-state index is 12.8. The Bertz CT molecular complexity index is 1470. The lowest BCUT2D eigenvalue weighted by atomic mass is 9.46. The molecular weight excluding hydrogens is 542 g/mol. The van der Waals surface area contributed by atoms with Gasteiger partial charge < -0.3 is 19.9 Å². The number of hydrogen-bond acceptors (Lipinski definition) is 6. The van der Waals surface area contributed by atoms with Gasteiger partial charge in [0.1, 0.15) is 11.8 Å². The van der Waals surface area contributed by atoms with Crippen LogP contribution in [0.2, 0.25) is 0 Å². The van der Waals surface area contributed by atoms with Crippen LogP contribution in [-0.2, 0) is 30.4 Å². The van der Waals surface area contributed by atoms with Crippen molar-refractivity contribution in [3.05, 3.63) is 47.7 Å². The standard InChI is InChI=1S/C35H45N3O5/c1-21(39)27-11-12-28-26-10-9-23-18-24(13-15-34(23,2)29(26)14-16-35(27,28)3)38-43-20-32(40)37-31(33(41)42-4)17-22-19-36-30-8-6-5-7-25(22)30/h5-8,18-19,26-29,31,36H,9-17,20H2,1-4H3,(H,37,40)/t26-,27+,28-,29-,31?,34-,35+/m0/s1. The van der Waals surface area contributed by atoms with Gasteiger partial charge in [0.15, 0.2) is 6.61 Å². The minimum absolute atomic E-state index is 0.158. The third-order valence-corrected chi connectivity index (χ3v) is 11.8. The molecule has 0 spiro atoms. The number of hydrogen-bond donors (Lipinski definition) is 2. The molecule has 8 nitrogen and oxygen atoms in total. The molecule has 1 aromatic carbocycles. The van der Waals surface area contributed by atoms with Crippen molar-refractivity contribution in [3.8, 4) is 0 Å². The Labute approximate surface area is 254 Å². The zero-order valence-corrected chi connectivity index (χ0v) is 25.9. The van der Waals surface area contributed by atoms with Crippen molar-refractivity contribution in [1.82, 2.24) is 10.3 Å². The Morgan fingerprint density at radius 3 is 2.67 bits per heavy atom. The highest BCUT2D eigenvalue weighted by molar-refractivity contribution is 5.96. The lowest BCUT2D eigenvalue weighted by molar-refractivity contribution is -0.145. The second-order valence-electron chi connectivity index (χ2n) is 13.9. The van der Waals surface area contributed by atoms with Crippen molar-refractivity contribution < 1.29 is 24.0 Å². The topological polar surface area (TPSA) is 110 Å². The van der Waals surface area contributed by atoms with Gasteiger partial charge in [-0.05, 0) is 105 Å². The summed E-state index contributed by atoms with van der Waals surface area (Å²) in [6, 6.07) is 7.01. The lowest BCUT2D eigenvalue weighted by Gasteiger charge is -2.58. The highest BCUT2D eigenvalue weighted by Gasteiger charge is 2.59. The van der Waals surface area contributed by atoms with Crippen LogP contribution in [0.15, 0.2) is 47.3 Å². The van der Waals surface area contributed by atoms with E-state index in [4.69, 9.17) is 9.57 Å². The van der Waals surface area contributed by atoms with Crippen LogP contribution >= 0.6 is 0 Å². The van der Waals surface area contributed by atoms with Gasteiger partial charge in [0.05, 0.1) is 12.8 Å². The van der Waals surface area contributed by atoms with Crippen LogP contribution in [0, 0.1) is 34.5 Å². The first-order chi connectivity index (χ1) is 20.6. The number of nitrogens with zero attached hydrogens (tertiary/aromatic N) is 1. The summed E-state index contributed by atoms with van der Waals surface area (Å²) >= 11 is 0. The van der Waals surface area contributed by atoms with Crippen molar-refractivity contribution in [2.75, 3.05) is 13.7 Å². The summed E-state index contributed by atoms with van der Waals surface area (Å²) in [4.78, 5) is 46.4. The molecule has 3 fully saturated rings. The molecule has 4 aliphatic carbocycles. The Morgan fingerprint density at radius 2 is 1.88 bits per heavy atom. The number of Topliss-reactive ketones (excluding diaryl/α,β-unsaturated/α-hetero) is 1. The summed E-state index contributed by atoms with van der Waals surface area (Å²) in [5.41, 5.74) is 4.56. The molecule has 4 aliphatic rings. The number of rotatable bonds is 8. The summed E-state index contributed by atoms with van der Waals surface area (Å²) in [5.74, 6) is 1.69. The van der Waals surface area contributed by atoms with Gasteiger partial charge >= 0.3 is 5.97 Å². The molecule has 6 rings (SSSR count). The minimum atomic E-state index is -0.830. The number of fused-ring (bicyclic) bond motifs is 6. The second-order valence-corrected chi connectivity index (χ2v) is 13.9. The summed E-state index contributed by atoms with van der Waals surface area (Å²) in [6.07, 6.45) is 13.1. The van der Waals surface area contributed by atoms with Gasteiger partial charge in [-0.15, -0.1) is 0 Å². The van der Waals surface area contributed by atoms with E-state index in [1.54, 1.807) is 6.92 Å². The number of esters is 1. The number of methoxy groups -OCH3 is 1. The second kappa shape index (κ2) is 11.6. The molecule has 8 heteroatoms. The van der Waals surface area contributed by atoms with Gasteiger partial charge in [-0.25, -0.2) is 4.79 Å². The van der Waals surface area contributed by atoms with Crippen LogP contribution in [0.5, 0.6) is 0 Å². The molecule has 1 heterocycles. The normalized spacial score (nSPS) is 33.1. The van der Waals surface area contributed by atoms with E-state index in [-0.39, 0.29) is 23.4 Å². The average molecular weight is 588 g/mol. The zero-order valence-electron chi connectivity index (χ0n) is 25.9. The van der Waals surface area contributed by atoms with E-state index in [0.717, 1.165) is 54.3 Å². The van der Waals surface area contributed by atoms with E-state index < -0.39 is 17.9 Å². The molecule has 1 aromatic heterocycles. The molecular formula is C35H45N3O5. The first-order valence-corrected chi connectivity index (χ1v) is 16.0. The Balaban J connectivity index is 1.07. The van der Waals surface area contributed by atoms with Crippen LogP contribution in [0.3, 0.4) is 0 Å². The van der Waals surface area contributed by atoms with Gasteiger partial charge in [0.25, 0.3) is 5.91 Å². The van der Waals surface area contributed by atoms with E-state index >= 15 is 0 Å².